The van der Waals surface area contributed by atoms with Crippen LogP contribution >= 0.6 is 27.7 Å². The molecule has 0 aliphatic rings. The quantitative estimate of drug-likeness (QED) is 0.490. The van der Waals surface area contributed by atoms with E-state index in [4.69, 9.17) is 0 Å². The molecule has 0 saturated heterocycles. The fourth-order valence-corrected chi connectivity index (χ4v) is 2.80. The first-order chi connectivity index (χ1) is 8.58. The summed E-state index contributed by atoms with van der Waals surface area (Å²) in [5, 5.41) is 11.3. The molecule has 2 rings (SSSR count). The summed E-state index contributed by atoms with van der Waals surface area (Å²) in [6.45, 7) is 0. The van der Waals surface area contributed by atoms with Crippen molar-refractivity contribution >= 4 is 33.5 Å². The number of thioether (sulfide) groups is 1. The number of hydrogen-bond acceptors (Lipinski definition) is 4. The average molecular weight is 328 g/mol. The Morgan fingerprint density at radius 3 is 2.94 bits per heavy atom. The number of imidazole rings is 1. The summed E-state index contributed by atoms with van der Waals surface area (Å²) in [5.41, 5.74) is 1.14. The second kappa shape index (κ2) is 5.53. The summed E-state index contributed by atoms with van der Waals surface area (Å²) < 4.78 is 2.51. The van der Waals surface area contributed by atoms with Crippen LogP contribution in [0.1, 0.15) is 5.56 Å². The normalized spacial score (nSPS) is 10.6. The van der Waals surface area contributed by atoms with Crippen LogP contribution in [0.4, 0.5) is 5.82 Å². The van der Waals surface area contributed by atoms with E-state index in [1.54, 1.807) is 7.05 Å². The van der Waals surface area contributed by atoms with E-state index in [1.807, 2.05) is 24.3 Å². The number of aromatic nitrogens is 2. The Labute approximate surface area is 117 Å². The lowest BCUT2D eigenvalue weighted by molar-refractivity contribution is -0.392. The Balaban J connectivity index is 2.09. The van der Waals surface area contributed by atoms with Gasteiger partial charge in [0.1, 0.15) is 6.20 Å². The molecule has 1 aromatic carbocycles. The lowest BCUT2D eigenvalue weighted by Gasteiger charge is -2.00. The van der Waals surface area contributed by atoms with Gasteiger partial charge < -0.3 is 10.1 Å². The molecule has 2 aromatic rings. The Kier molecular flexibility index (Phi) is 4.03. The first kappa shape index (κ1) is 13.1. The molecule has 1 aromatic heterocycles. The van der Waals surface area contributed by atoms with Gasteiger partial charge in [-0.05, 0) is 22.6 Å². The standard InChI is InChI=1S/C11H10BrN3O2S/c1-14-10(15(16)17)6-13-11(14)18-7-8-3-2-4-9(12)5-8/h2-6H,7H2,1H3. The highest BCUT2D eigenvalue weighted by Gasteiger charge is 2.16. The zero-order chi connectivity index (χ0) is 13.1. The molecule has 0 atom stereocenters. The van der Waals surface area contributed by atoms with E-state index < -0.39 is 4.92 Å². The molecular formula is C11H10BrN3O2S. The van der Waals surface area contributed by atoms with Gasteiger partial charge >= 0.3 is 5.82 Å². The Morgan fingerprint density at radius 1 is 1.56 bits per heavy atom. The van der Waals surface area contributed by atoms with Gasteiger partial charge in [-0.25, -0.2) is 9.55 Å². The molecule has 18 heavy (non-hydrogen) atoms. The minimum atomic E-state index is -0.434. The molecule has 0 spiro atoms. The summed E-state index contributed by atoms with van der Waals surface area (Å²) >= 11 is 4.88. The van der Waals surface area contributed by atoms with Gasteiger partial charge in [-0.3, -0.25) is 0 Å². The van der Waals surface area contributed by atoms with Crippen molar-refractivity contribution in [3.8, 4) is 0 Å². The van der Waals surface area contributed by atoms with Crippen LogP contribution in [-0.4, -0.2) is 14.5 Å². The third kappa shape index (κ3) is 2.91. The highest BCUT2D eigenvalue weighted by molar-refractivity contribution is 9.10. The minimum absolute atomic E-state index is 0.00624. The molecule has 0 radical (unpaired) electrons. The fourth-order valence-electron chi connectivity index (χ4n) is 1.46. The summed E-state index contributed by atoms with van der Waals surface area (Å²) in [4.78, 5) is 14.3. The van der Waals surface area contributed by atoms with E-state index in [2.05, 4.69) is 20.9 Å². The van der Waals surface area contributed by atoms with Crippen LogP contribution in [0.3, 0.4) is 0 Å². The largest absolute Gasteiger partial charge is 0.358 e. The van der Waals surface area contributed by atoms with Crippen LogP contribution in [0, 0.1) is 10.1 Å². The molecule has 0 unspecified atom stereocenters. The van der Waals surface area contributed by atoms with Crippen LogP contribution in [0.2, 0.25) is 0 Å². The lowest BCUT2D eigenvalue weighted by Crippen LogP contribution is -1.98. The van der Waals surface area contributed by atoms with Crippen molar-refractivity contribution in [1.82, 2.24) is 9.55 Å². The van der Waals surface area contributed by atoms with Crippen molar-refractivity contribution in [2.24, 2.45) is 7.05 Å². The molecule has 7 heteroatoms. The van der Waals surface area contributed by atoms with E-state index in [1.165, 1.54) is 22.5 Å². The van der Waals surface area contributed by atoms with Gasteiger partial charge in [0.05, 0.1) is 7.05 Å². The molecule has 5 nitrogen and oxygen atoms in total. The highest BCUT2D eigenvalue weighted by atomic mass is 79.9. The minimum Gasteiger partial charge on any atom is -0.358 e. The van der Waals surface area contributed by atoms with Gasteiger partial charge in [-0.1, -0.05) is 39.8 Å². The van der Waals surface area contributed by atoms with E-state index in [0.717, 1.165) is 15.8 Å². The Morgan fingerprint density at radius 2 is 2.33 bits per heavy atom. The number of nitro groups is 1. The molecule has 0 amide bonds. The van der Waals surface area contributed by atoms with Crippen molar-refractivity contribution in [3.05, 3.63) is 50.6 Å². The second-order valence-corrected chi connectivity index (χ2v) is 5.49. The number of nitrogens with zero attached hydrogens (tertiary/aromatic N) is 3. The molecule has 1 heterocycles. The van der Waals surface area contributed by atoms with Gasteiger partial charge in [0, 0.05) is 10.2 Å². The van der Waals surface area contributed by atoms with Gasteiger partial charge in [-0.15, -0.1) is 0 Å². The van der Waals surface area contributed by atoms with Crippen molar-refractivity contribution in [1.29, 1.82) is 0 Å². The third-order valence-electron chi connectivity index (χ3n) is 2.37. The zero-order valence-electron chi connectivity index (χ0n) is 9.54. The second-order valence-electron chi connectivity index (χ2n) is 3.63. The maximum Gasteiger partial charge on any atom is 0.343 e. The molecule has 0 saturated carbocycles. The van der Waals surface area contributed by atoms with Crippen molar-refractivity contribution < 1.29 is 4.92 Å². The number of halogens is 1. The van der Waals surface area contributed by atoms with Crippen LogP contribution < -0.4 is 0 Å². The van der Waals surface area contributed by atoms with E-state index in [9.17, 15) is 10.1 Å². The molecular weight excluding hydrogens is 318 g/mol. The monoisotopic (exact) mass is 327 g/mol. The van der Waals surface area contributed by atoms with Gasteiger partial charge in [0.25, 0.3) is 5.16 Å². The average Bonchev–Trinajstić information content (AvgIpc) is 2.68. The molecule has 0 aliphatic carbocycles. The van der Waals surface area contributed by atoms with Crippen LogP contribution in [0.5, 0.6) is 0 Å². The lowest BCUT2D eigenvalue weighted by atomic mass is 10.2. The van der Waals surface area contributed by atoms with Gasteiger partial charge in [-0.2, -0.15) is 0 Å². The number of rotatable bonds is 4. The van der Waals surface area contributed by atoms with Crippen molar-refractivity contribution in [2.75, 3.05) is 0 Å². The smallest absolute Gasteiger partial charge is 0.343 e. The van der Waals surface area contributed by atoms with Gasteiger partial charge in [0.2, 0.25) is 0 Å². The fraction of sp³-hybridized carbons (Fsp3) is 0.182. The predicted molar refractivity (Wildman–Crippen MR) is 73.6 cm³/mol. The zero-order valence-corrected chi connectivity index (χ0v) is 11.9. The first-order valence-corrected chi connectivity index (χ1v) is 6.89. The topological polar surface area (TPSA) is 61.0 Å². The number of benzene rings is 1. The molecule has 0 fully saturated rings. The SMILES string of the molecule is Cn1c([N+](=O)[O-])cnc1SCc1cccc(Br)c1. The maximum atomic E-state index is 10.7. The number of hydrogen-bond donors (Lipinski definition) is 0. The van der Waals surface area contributed by atoms with E-state index >= 15 is 0 Å². The Hall–Kier alpha value is -1.34. The Bertz CT molecular complexity index is 585. The summed E-state index contributed by atoms with van der Waals surface area (Å²) in [5.74, 6) is 0.730. The molecule has 94 valence electrons. The molecule has 0 N–H and O–H groups in total. The van der Waals surface area contributed by atoms with Crippen LogP contribution in [0.25, 0.3) is 0 Å². The highest BCUT2D eigenvalue weighted by Crippen LogP contribution is 2.25. The van der Waals surface area contributed by atoms with E-state index in [-0.39, 0.29) is 5.82 Å². The predicted octanol–water partition coefficient (Wildman–Crippen LogP) is 3.38. The van der Waals surface area contributed by atoms with Crippen LogP contribution in [0.15, 0.2) is 40.1 Å². The summed E-state index contributed by atoms with van der Waals surface area (Å²) in [7, 11) is 1.65. The summed E-state index contributed by atoms with van der Waals surface area (Å²) in [6, 6.07) is 7.94. The van der Waals surface area contributed by atoms with Gasteiger partial charge in [0.15, 0.2) is 0 Å². The maximum absolute atomic E-state index is 10.7. The van der Waals surface area contributed by atoms with E-state index in [0.29, 0.717) is 5.16 Å². The van der Waals surface area contributed by atoms with Crippen molar-refractivity contribution in [2.45, 2.75) is 10.9 Å². The third-order valence-corrected chi connectivity index (χ3v) is 3.97. The van der Waals surface area contributed by atoms with Crippen molar-refractivity contribution in [3.63, 3.8) is 0 Å². The van der Waals surface area contributed by atoms with Crippen LogP contribution in [-0.2, 0) is 12.8 Å². The molecule has 0 bridgehead atoms. The summed E-state index contributed by atoms with van der Waals surface area (Å²) in [6.07, 6.45) is 1.28. The first-order valence-electron chi connectivity index (χ1n) is 5.11. The molecule has 0 aliphatic heterocycles.